The second kappa shape index (κ2) is 16.9. The van der Waals surface area contributed by atoms with Gasteiger partial charge in [0.05, 0.1) is 13.2 Å². The van der Waals surface area contributed by atoms with E-state index < -0.39 is 0 Å². The lowest BCUT2D eigenvalue weighted by atomic mass is 10.0. The Morgan fingerprint density at radius 3 is 1.06 bits per heavy atom. The minimum absolute atomic E-state index is 0.736. The summed E-state index contributed by atoms with van der Waals surface area (Å²) in [5, 5.41) is 0. The average molecular weight is 258 g/mol. The lowest BCUT2D eigenvalue weighted by Gasteiger charge is -2.05. The summed E-state index contributed by atoms with van der Waals surface area (Å²) in [4.78, 5) is 9.75. The Morgan fingerprint density at radius 2 is 0.833 bits per heavy atom. The highest BCUT2D eigenvalue weighted by Crippen LogP contribution is 2.15. The van der Waals surface area contributed by atoms with Crippen LogP contribution in [0.1, 0.15) is 90.9 Å². The Bertz CT molecular complexity index is 105. The van der Waals surface area contributed by atoms with Crippen molar-refractivity contribution < 1.29 is 9.78 Å². The molecule has 2 heteroatoms. The summed E-state index contributed by atoms with van der Waals surface area (Å²) in [6.07, 6.45) is 16.5. The normalized spacial score (nSPS) is 16.3. The van der Waals surface area contributed by atoms with Gasteiger partial charge in [0.25, 0.3) is 0 Å². The third-order valence-corrected chi connectivity index (χ3v) is 3.25. The first-order valence-corrected chi connectivity index (χ1v) is 8.16. The van der Waals surface area contributed by atoms with E-state index in [9.17, 15) is 0 Å². The molecular formula is C16H34O2. The smallest absolute Gasteiger partial charge is 0.0822 e. The molecule has 0 bridgehead atoms. The molecule has 0 aromatic heterocycles. The van der Waals surface area contributed by atoms with Crippen molar-refractivity contribution in [1.29, 1.82) is 0 Å². The van der Waals surface area contributed by atoms with Gasteiger partial charge in [-0.05, 0) is 12.8 Å². The SMILES string of the molecule is C1CCCCCCC1.CCCCOOCCCC. The van der Waals surface area contributed by atoms with Gasteiger partial charge in [0.2, 0.25) is 0 Å². The van der Waals surface area contributed by atoms with E-state index in [0.29, 0.717) is 0 Å². The molecule has 0 N–H and O–H groups in total. The quantitative estimate of drug-likeness (QED) is 0.333. The number of hydrogen-bond donors (Lipinski definition) is 0. The molecule has 1 saturated carbocycles. The maximum Gasteiger partial charge on any atom is 0.0822 e. The largest absolute Gasteiger partial charge is 0.237 e. The Balaban J connectivity index is 0.000000327. The van der Waals surface area contributed by atoms with Gasteiger partial charge in [-0.15, -0.1) is 0 Å². The Kier molecular flexibility index (Phi) is 16.8. The molecule has 1 rings (SSSR count). The van der Waals surface area contributed by atoms with Crippen molar-refractivity contribution in [1.82, 2.24) is 0 Å². The van der Waals surface area contributed by atoms with Crippen molar-refractivity contribution in [3.05, 3.63) is 0 Å². The molecule has 0 aliphatic heterocycles. The summed E-state index contributed by atoms with van der Waals surface area (Å²) < 4.78 is 0. The summed E-state index contributed by atoms with van der Waals surface area (Å²) >= 11 is 0. The third kappa shape index (κ3) is 15.9. The molecule has 1 fully saturated rings. The van der Waals surface area contributed by atoms with E-state index in [1.807, 2.05) is 0 Å². The van der Waals surface area contributed by atoms with Crippen molar-refractivity contribution in [2.24, 2.45) is 0 Å². The van der Waals surface area contributed by atoms with Crippen LogP contribution in [-0.2, 0) is 9.78 Å². The lowest BCUT2D eigenvalue weighted by Crippen LogP contribution is -1.97. The average Bonchev–Trinajstić information content (AvgIpc) is 2.34. The molecule has 0 spiro atoms. The number of rotatable bonds is 7. The van der Waals surface area contributed by atoms with Crippen LogP contribution in [0.4, 0.5) is 0 Å². The summed E-state index contributed by atoms with van der Waals surface area (Å²) in [7, 11) is 0. The maximum absolute atomic E-state index is 4.88. The van der Waals surface area contributed by atoms with Crippen molar-refractivity contribution in [2.45, 2.75) is 90.9 Å². The van der Waals surface area contributed by atoms with Crippen LogP contribution in [0.25, 0.3) is 0 Å². The van der Waals surface area contributed by atoms with Crippen molar-refractivity contribution >= 4 is 0 Å². The van der Waals surface area contributed by atoms with Gasteiger partial charge in [0.15, 0.2) is 0 Å². The van der Waals surface area contributed by atoms with E-state index in [0.717, 1.165) is 38.9 Å². The van der Waals surface area contributed by atoms with Gasteiger partial charge in [-0.2, -0.15) is 0 Å². The van der Waals surface area contributed by atoms with Gasteiger partial charge in [0, 0.05) is 0 Å². The number of hydrogen-bond acceptors (Lipinski definition) is 2. The monoisotopic (exact) mass is 258 g/mol. The van der Waals surface area contributed by atoms with Crippen molar-refractivity contribution in [2.75, 3.05) is 13.2 Å². The van der Waals surface area contributed by atoms with Gasteiger partial charge in [-0.25, -0.2) is 9.78 Å². The van der Waals surface area contributed by atoms with Crippen LogP contribution in [0, 0.1) is 0 Å². The molecule has 1 aliphatic rings. The molecule has 0 unspecified atom stereocenters. The summed E-state index contributed by atoms with van der Waals surface area (Å²) in [6.45, 7) is 5.74. The molecule has 0 amide bonds. The molecule has 110 valence electrons. The Morgan fingerprint density at radius 1 is 0.556 bits per heavy atom. The molecule has 2 nitrogen and oxygen atoms in total. The van der Waals surface area contributed by atoms with Gasteiger partial charge < -0.3 is 0 Å². The van der Waals surface area contributed by atoms with Gasteiger partial charge in [-0.3, -0.25) is 0 Å². The highest BCUT2D eigenvalue weighted by molar-refractivity contribution is 4.51. The van der Waals surface area contributed by atoms with Crippen LogP contribution in [0.2, 0.25) is 0 Å². The van der Waals surface area contributed by atoms with E-state index in [1.165, 1.54) is 51.4 Å². The molecule has 0 saturated heterocycles. The zero-order valence-corrected chi connectivity index (χ0v) is 12.7. The Hall–Kier alpha value is -0.0800. The van der Waals surface area contributed by atoms with E-state index in [1.54, 1.807) is 0 Å². The van der Waals surface area contributed by atoms with Gasteiger partial charge >= 0.3 is 0 Å². The highest BCUT2D eigenvalue weighted by Gasteiger charge is 1.95. The second-order valence-electron chi connectivity index (χ2n) is 5.18. The third-order valence-electron chi connectivity index (χ3n) is 3.25. The van der Waals surface area contributed by atoms with Crippen LogP contribution in [-0.4, -0.2) is 13.2 Å². The van der Waals surface area contributed by atoms with Crippen LogP contribution in [0.15, 0.2) is 0 Å². The maximum atomic E-state index is 4.88. The molecule has 0 atom stereocenters. The molecule has 0 radical (unpaired) electrons. The van der Waals surface area contributed by atoms with E-state index in [-0.39, 0.29) is 0 Å². The fourth-order valence-electron chi connectivity index (χ4n) is 1.94. The molecule has 0 heterocycles. The van der Waals surface area contributed by atoms with Crippen LogP contribution in [0.5, 0.6) is 0 Å². The van der Waals surface area contributed by atoms with Gasteiger partial charge in [-0.1, -0.05) is 78.1 Å². The summed E-state index contributed by atoms with van der Waals surface area (Å²) in [6, 6.07) is 0. The van der Waals surface area contributed by atoms with E-state index >= 15 is 0 Å². The van der Waals surface area contributed by atoms with Crippen molar-refractivity contribution in [3.63, 3.8) is 0 Å². The first-order chi connectivity index (χ1) is 8.91. The van der Waals surface area contributed by atoms with E-state index in [2.05, 4.69) is 13.8 Å². The summed E-state index contributed by atoms with van der Waals surface area (Å²) in [5.74, 6) is 0. The summed E-state index contributed by atoms with van der Waals surface area (Å²) in [5.41, 5.74) is 0. The predicted molar refractivity (Wildman–Crippen MR) is 78.7 cm³/mol. The minimum atomic E-state index is 0.736. The predicted octanol–water partition coefficient (Wildman–Crippen LogP) is 5.66. The highest BCUT2D eigenvalue weighted by atomic mass is 17.2. The second-order valence-corrected chi connectivity index (χ2v) is 5.18. The fourth-order valence-corrected chi connectivity index (χ4v) is 1.94. The first kappa shape index (κ1) is 17.9. The molecule has 18 heavy (non-hydrogen) atoms. The Labute approximate surface area is 114 Å². The molecule has 1 aliphatic carbocycles. The minimum Gasteiger partial charge on any atom is -0.237 e. The number of unbranched alkanes of at least 4 members (excludes halogenated alkanes) is 2. The fraction of sp³-hybridized carbons (Fsp3) is 1.00. The molecular weight excluding hydrogens is 224 g/mol. The van der Waals surface area contributed by atoms with Gasteiger partial charge in [0.1, 0.15) is 0 Å². The first-order valence-electron chi connectivity index (χ1n) is 8.16. The topological polar surface area (TPSA) is 18.5 Å². The lowest BCUT2D eigenvalue weighted by molar-refractivity contribution is -0.295. The zero-order valence-electron chi connectivity index (χ0n) is 12.7. The van der Waals surface area contributed by atoms with Crippen LogP contribution >= 0.6 is 0 Å². The standard InChI is InChI=1S/C8H18O2.C8H16/c1-3-5-7-9-10-8-6-4-2;1-2-4-6-8-7-5-3-1/h3-8H2,1-2H3;1-8H2. The molecule has 0 aromatic carbocycles. The molecule has 0 aromatic rings. The van der Waals surface area contributed by atoms with Crippen LogP contribution < -0.4 is 0 Å². The zero-order chi connectivity index (χ0) is 13.3. The van der Waals surface area contributed by atoms with E-state index in [4.69, 9.17) is 9.78 Å². The van der Waals surface area contributed by atoms with Crippen LogP contribution in [0.3, 0.4) is 0 Å². The van der Waals surface area contributed by atoms with Crippen molar-refractivity contribution in [3.8, 4) is 0 Å².